The highest BCUT2D eigenvalue weighted by Crippen LogP contribution is 2.44. The van der Waals surface area contributed by atoms with Crippen LogP contribution in [0, 0.1) is 23.6 Å². The third-order valence-corrected chi connectivity index (χ3v) is 5.44. The summed E-state index contributed by atoms with van der Waals surface area (Å²) in [7, 11) is 0. The number of aliphatic hydroxyl groups excluding tert-OH is 1. The Kier molecular flexibility index (Phi) is 5.66. The number of halogens is 1. The van der Waals surface area contributed by atoms with E-state index in [4.69, 9.17) is 0 Å². The Morgan fingerprint density at radius 2 is 1.83 bits per heavy atom. The number of benzene rings is 1. The van der Waals surface area contributed by atoms with E-state index in [1.807, 2.05) is 13.8 Å². The topological polar surface area (TPSA) is 69.6 Å². The number of piperidine rings is 1. The number of aliphatic carboxylic acids is 1. The second kappa shape index (κ2) is 7.19. The first kappa shape index (κ1) is 18.9. The summed E-state index contributed by atoms with van der Waals surface area (Å²) in [6.07, 6.45) is 0.507. The van der Waals surface area contributed by atoms with Gasteiger partial charge in [-0.05, 0) is 36.0 Å². The van der Waals surface area contributed by atoms with Gasteiger partial charge in [0.1, 0.15) is 5.82 Å². The molecule has 0 aliphatic carbocycles. The molecular formula is C19H28FNO3. The highest BCUT2D eigenvalue weighted by atomic mass is 19.1. The van der Waals surface area contributed by atoms with Crippen LogP contribution in [0.4, 0.5) is 4.39 Å². The molecule has 0 amide bonds. The van der Waals surface area contributed by atoms with E-state index >= 15 is 0 Å². The first-order chi connectivity index (χ1) is 11.2. The van der Waals surface area contributed by atoms with E-state index < -0.39 is 17.3 Å². The summed E-state index contributed by atoms with van der Waals surface area (Å²) in [4.78, 5) is 12.1. The number of carbonyl (C=O) groups is 1. The summed E-state index contributed by atoms with van der Waals surface area (Å²) in [5.41, 5.74) is -0.231. The molecule has 3 N–H and O–H groups in total. The Hall–Kier alpha value is -1.46. The monoisotopic (exact) mass is 337 g/mol. The van der Waals surface area contributed by atoms with Gasteiger partial charge in [-0.3, -0.25) is 4.79 Å². The van der Waals surface area contributed by atoms with Crippen molar-refractivity contribution in [1.29, 1.82) is 0 Å². The first-order valence-corrected chi connectivity index (χ1v) is 8.58. The Labute approximate surface area is 143 Å². The van der Waals surface area contributed by atoms with E-state index in [0.29, 0.717) is 17.9 Å². The smallest absolute Gasteiger partial charge is 0.309 e. The van der Waals surface area contributed by atoms with Crippen molar-refractivity contribution in [2.75, 3.05) is 6.61 Å². The molecule has 134 valence electrons. The van der Waals surface area contributed by atoms with Gasteiger partial charge in [-0.15, -0.1) is 0 Å². The molecule has 1 heterocycles. The normalized spacial score (nSPS) is 30.8. The summed E-state index contributed by atoms with van der Waals surface area (Å²) < 4.78 is 13.4. The Morgan fingerprint density at radius 3 is 2.25 bits per heavy atom. The van der Waals surface area contributed by atoms with E-state index in [0.717, 1.165) is 0 Å². The molecule has 1 aromatic carbocycles. The molecule has 2 rings (SSSR count). The molecule has 0 radical (unpaired) electrons. The Balaban J connectivity index is 2.60. The predicted molar refractivity (Wildman–Crippen MR) is 91.3 cm³/mol. The minimum Gasteiger partial charge on any atom is -0.481 e. The molecule has 1 saturated heterocycles. The van der Waals surface area contributed by atoms with E-state index in [9.17, 15) is 19.4 Å². The second-order valence-corrected chi connectivity index (χ2v) is 7.63. The molecule has 0 bridgehead atoms. The maximum atomic E-state index is 13.4. The third kappa shape index (κ3) is 3.33. The van der Waals surface area contributed by atoms with Crippen LogP contribution in [0.15, 0.2) is 24.3 Å². The summed E-state index contributed by atoms with van der Waals surface area (Å²) >= 11 is 0. The van der Waals surface area contributed by atoms with Crippen LogP contribution in [0.3, 0.4) is 0 Å². The zero-order chi connectivity index (χ0) is 18.1. The summed E-state index contributed by atoms with van der Waals surface area (Å²) in [6.45, 7) is 7.88. The molecule has 0 spiro atoms. The molecule has 4 nitrogen and oxygen atoms in total. The fourth-order valence-corrected chi connectivity index (χ4v) is 3.99. The van der Waals surface area contributed by atoms with Crippen molar-refractivity contribution in [1.82, 2.24) is 5.32 Å². The van der Waals surface area contributed by atoms with Gasteiger partial charge in [0, 0.05) is 17.5 Å². The molecule has 4 atom stereocenters. The lowest BCUT2D eigenvalue weighted by molar-refractivity contribution is -0.150. The van der Waals surface area contributed by atoms with Crippen molar-refractivity contribution in [2.24, 2.45) is 17.8 Å². The molecule has 1 fully saturated rings. The van der Waals surface area contributed by atoms with Gasteiger partial charge in [0.2, 0.25) is 0 Å². The van der Waals surface area contributed by atoms with Crippen LogP contribution in [-0.2, 0) is 10.2 Å². The number of nitrogens with one attached hydrogen (secondary N) is 1. The zero-order valence-corrected chi connectivity index (χ0v) is 14.8. The number of hydrogen-bond donors (Lipinski definition) is 3. The van der Waals surface area contributed by atoms with Crippen molar-refractivity contribution < 1.29 is 19.4 Å². The van der Waals surface area contributed by atoms with Gasteiger partial charge < -0.3 is 15.5 Å². The predicted octanol–water partition coefficient (Wildman–Crippen LogP) is 2.80. The second-order valence-electron chi connectivity index (χ2n) is 7.63. The Morgan fingerprint density at radius 1 is 1.25 bits per heavy atom. The van der Waals surface area contributed by atoms with E-state index in [1.54, 1.807) is 12.1 Å². The largest absolute Gasteiger partial charge is 0.481 e. The van der Waals surface area contributed by atoms with Crippen LogP contribution in [-0.4, -0.2) is 34.9 Å². The van der Waals surface area contributed by atoms with E-state index in [2.05, 4.69) is 19.2 Å². The Bertz CT molecular complexity index is 572. The van der Waals surface area contributed by atoms with Crippen LogP contribution < -0.4 is 5.32 Å². The molecule has 1 aromatic rings. The van der Waals surface area contributed by atoms with Crippen molar-refractivity contribution in [3.63, 3.8) is 0 Å². The zero-order valence-electron chi connectivity index (χ0n) is 14.8. The number of carboxylic acids is 1. The SMILES string of the molecule is CC(C)C1CC(CO)(c2ccc(F)cc2)C(C(=O)O)C(C(C)C)N1. The lowest BCUT2D eigenvalue weighted by atomic mass is 9.59. The molecule has 5 heteroatoms. The molecule has 24 heavy (non-hydrogen) atoms. The third-order valence-electron chi connectivity index (χ3n) is 5.44. The minimum atomic E-state index is -0.929. The molecule has 1 aliphatic rings. The van der Waals surface area contributed by atoms with Crippen LogP contribution in [0.1, 0.15) is 39.7 Å². The average Bonchev–Trinajstić information content (AvgIpc) is 2.53. The van der Waals surface area contributed by atoms with Gasteiger partial charge in [-0.2, -0.15) is 0 Å². The van der Waals surface area contributed by atoms with Gasteiger partial charge in [-0.1, -0.05) is 39.8 Å². The lowest BCUT2D eigenvalue weighted by Gasteiger charge is -2.51. The number of hydrogen-bond acceptors (Lipinski definition) is 3. The molecule has 0 saturated carbocycles. The highest BCUT2D eigenvalue weighted by molar-refractivity contribution is 5.74. The number of aliphatic hydroxyl groups is 1. The molecular weight excluding hydrogens is 309 g/mol. The summed E-state index contributed by atoms with van der Waals surface area (Å²) in [6, 6.07) is 5.72. The van der Waals surface area contributed by atoms with Crippen molar-refractivity contribution in [3.8, 4) is 0 Å². The van der Waals surface area contributed by atoms with Crippen LogP contribution in [0.25, 0.3) is 0 Å². The molecule has 4 unspecified atom stereocenters. The summed E-state index contributed by atoms with van der Waals surface area (Å²) in [5, 5.41) is 23.7. The van der Waals surface area contributed by atoms with E-state index in [1.165, 1.54) is 12.1 Å². The van der Waals surface area contributed by atoms with Gasteiger partial charge in [0.05, 0.1) is 12.5 Å². The lowest BCUT2D eigenvalue weighted by Crippen LogP contribution is -2.65. The van der Waals surface area contributed by atoms with Gasteiger partial charge >= 0.3 is 5.97 Å². The highest BCUT2D eigenvalue weighted by Gasteiger charge is 2.54. The van der Waals surface area contributed by atoms with Crippen LogP contribution in [0.2, 0.25) is 0 Å². The fraction of sp³-hybridized carbons (Fsp3) is 0.632. The standard InChI is InChI=1S/C19H28FNO3/c1-11(2)15-9-19(10-22,13-5-7-14(20)8-6-13)16(18(23)24)17(21-15)12(3)4/h5-8,11-12,15-17,21-22H,9-10H2,1-4H3,(H,23,24). The van der Waals surface area contributed by atoms with E-state index in [-0.39, 0.29) is 30.4 Å². The number of carboxylic acid groups (broad SMARTS) is 1. The summed E-state index contributed by atoms with van der Waals surface area (Å²) in [5.74, 6) is -1.68. The minimum absolute atomic E-state index is 0.0882. The fourth-order valence-electron chi connectivity index (χ4n) is 3.99. The van der Waals surface area contributed by atoms with Crippen LogP contribution in [0.5, 0.6) is 0 Å². The van der Waals surface area contributed by atoms with Gasteiger partial charge in [0.25, 0.3) is 0 Å². The molecule has 0 aromatic heterocycles. The first-order valence-electron chi connectivity index (χ1n) is 8.58. The number of rotatable bonds is 5. The molecule has 1 aliphatic heterocycles. The van der Waals surface area contributed by atoms with Crippen molar-refractivity contribution in [2.45, 2.75) is 51.6 Å². The van der Waals surface area contributed by atoms with Gasteiger partial charge in [-0.25, -0.2) is 4.39 Å². The maximum Gasteiger partial charge on any atom is 0.309 e. The van der Waals surface area contributed by atoms with Crippen molar-refractivity contribution >= 4 is 5.97 Å². The van der Waals surface area contributed by atoms with Crippen molar-refractivity contribution in [3.05, 3.63) is 35.6 Å². The maximum absolute atomic E-state index is 13.4. The quantitative estimate of drug-likeness (QED) is 0.773. The van der Waals surface area contributed by atoms with Gasteiger partial charge in [0.15, 0.2) is 0 Å². The average molecular weight is 337 g/mol. The van der Waals surface area contributed by atoms with Crippen LogP contribution >= 0.6 is 0 Å².